The molecule has 6 heteroatoms. The Morgan fingerprint density at radius 3 is 2.94 bits per heavy atom. The molecule has 0 fully saturated rings. The molecule has 0 aliphatic heterocycles. The highest BCUT2D eigenvalue weighted by atomic mass is 32.2. The number of rotatable bonds is 3. The van der Waals surface area contributed by atoms with E-state index >= 15 is 0 Å². The molecule has 0 saturated heterocycles. The van der Waals surface area contributed by atoms with Crippen LogP contribution in [0.15, 0.2) is 33.0 Å². The summed E-state index contributed by atoms with van der Waals surface area (Å²) in [6.45, 7) is 4.46. The van der Waals surface area contributed by atoms with Crippen molar-refractivity contribution in [1.82, 2.24) is 14.8 Å². The Hall–Kier alpha value is -1.69. The molecule has 2 rings (SSSR count). The number of nitrogen functional groups attached to an aromatic ring is 1. The number of aryl methyl sites for hydroxylation is 1. The van der Waals surface area contributed by atoms with E-state index in [4.69, 9.17) is 5.73 Å². The zero-order valence-corrected chi connectivity index (χ0v) is 10.5. The van der Waals surface area contributed by atoms with Crippen molar-refractivity contribution in [2.45, 2.75) is 30.4 Å². The molecule has 0 radical (unpaired) electrons. The Labute approximate surface area is 103 Å². The summed E-state index contributed by atoms with van der Waals surface area (Å²) in [6, 6.07) is 5.81. The first-order chi connectivity index (χ1) is 8.11. The van der Waals surface area contributed by atoms with E-state index in [2.05, 4.69) is 10.2 Å². The minimum absolute atomic E-state index is 0.185. The summed E-state index contributed by atoms with van der Waals surface area (Å²) in [5.74, 6) is 0. The molecule has 17 heavy (non-hydrogen) atoms. The third-order valence-electron chi connectivity index (χ3n) is 2.50. The van der Waals surface area contributed by atoms with Gasteiger partial charge in [-0.25, -0.2) is 9.89 Å². The standard InChI is InChI=1S/C11H14N4OS/c1-3-15-10(16)13-14-11(15)17-8-5-4-7(2)9(12)6-8/h4-6H,3,12H2,1-2H3,(H,13,16). The summed E-state index contributed by atoms with van der Waals surface area (Å²) in [4.78, 5) is 12.4. The highest BCUT2D eigenvalue weighted by Gasteiger charge is 2.08. The van der Waals surface area contributed by atoms with Gasteiger partial charge in [0.25, 0.3) is 0 Å². The number of benzene rings is 1. The summed E-state index contributed by atoms with van der Waals surface area (Å²) in [5, 5.41) is 7.07. The number of nitrogens with zero attached hydrogens (tertiary/aromatic N) is 2. The minimum Gasteiger partial charge on any atom is -0.398 e. The van der Waals surface area contributed by atoms with Crippen LogP contribution in [0.5, 0.6) is 0 Å². The molecule has 1 heterocycles. The number of nitrogens with two attached hydrogens (primary N) is 1. The first kappa shape index (κ1) is 11.8. The van der Waals surface area contributed by atoms with Gasteiger partial charge < -0.3 is 5.73 Å². The summed E-state index contributed by atoms with van der Waals surface area (Å²) in [7, 11) is 0. The van der Waals surface area contributed by atoms with Gasteiger partial charge in [0.2, 0.25) is 0 Å². The van der Waals surface area contributed by atoms with Crippen LogP contribution in [0.25, 0.3) is 0 Å². The second-order valence-corrected chi connectivity index (χ2v) is 4.72. The molecule has 0 amide bonds. The Morgan fingerprint density at radius 1 is 1.53 bits per heavy atom. The van der Waals surface area contributed by atoms with E-state index in [0.717, 1.165) is 16.1 Å². The van der Waals surface area contributed by atoms with Gasteiger partial charge in [0, 0.05) is 17.1 Å². The zero-order valence-electron chi connectivity index (χ0n) is 9.73. The SMILES string of the molecule is CCn1c(Sc2ccc(C)c(N)c2)n[nH]c1=O. The number of aromatic nitrogens is 3. The molecule has 0 unspecified atom stereocenters. The molecular formula is C11H14N4OS. The van der Waals surface area contributed by atoms with Crippen molar-refractivity contribution in [2.24, 2.45) is 0 Å². The Morgan fingerprint density at radius 2 is 2.29 bits per heavy atom. The fourth-order valence-electron chi connectivity index (χ4n) is 1.45. The van der Waals surface area contributed by atoms with Crippen molar-refractivity contribution in [3.8, 4) is 0 Å². The van der Waals surface area contributed by atoms with Crippen molar-refractivity contribution in [1.29, 1.82) is 0 Å². The van der Waals surface area contributed by atoms with Crippen LogP contribution < -0.4 is 11.4 Å². The lowest BCUT2D eigenvalue weighted by Crippen LogP contribution is -2.15. The molecule has 0 saturated carbocycles. The molecule has 90 valence electrons. The molecule has 0 atom stereocenters. The zero-order chi connectivity index (χ0) is 12.4. The lowest BCUT2D eigenvalue weighted by Gasteiger charge is -2.04. The molecule has 1 aromatic carbocycles. The van der Waals surface area contributed by atoms with E-state index in [-0.39, 0.29) is 5.69 Å². The second kappa shape index (κ2) is 4.67. The maximum atomic E-state index is 11.4. The van der Waals surface area contributed by atoms with Gasteiger partial charge in [-0.3, -0.25) is 4.57 Å². The van der Waals surface area contributed by atoms with Crippen molar-refractivity contribution in [3.63, 3.8) is 0 Å². The normalized spacial score (nSPS) is 10.7. The fourth-order valence-corrected chi connectivity index (χ4v) is 2.39. The van der Waals surface area contributed by atoms with Gasteiger partial charge in [0.1, 0.15) is 0 Å². The van der Waals surface area contributed by atoms with Crippen LogP contribution in [0, 0.1) is 6.92 Å². The van der Waals surface area contributed by atoms with Crippen LogP contribution in [0.4, 0.5) is 5.69 Å². The van der Waals surface area contributed by atoms with Crippen LogP contribution in [0.3, 0.4) is 0 Å². The van der Waals surface area contributed by atoms with E-state index in [0.29, 0.717) is 11.7 Å². The van der Waals surface area contributed by atoms with Gasteiger partial charge in [-0.2, -0.15) is 0 Å². The monoisotopic (exact) mass is 250 g/mol. The Balaban J connectivity index is 2.31. The smallest absolute Gasteiger partial charge is 0.343 e. The Bertz CT molecular complexity index is 587. The second-order valence-electron chi connectivity index (χ2n) is 3.68. The first-order valence-corrected chi connectivity index (χ1v) is 6.12. The van der Waals surface area contributed by atoms with E-state index in [1.165, 1.54) is 11.8 Å². The van der Waals surface area contributed by atoms with Gasteiger partial charge in [-0.1, -0.05) is 6.07 Å². The predicted molar refractivity (Wildman–Crippen MR) is 68.2 cm³/mol. The maximum absolute atomic E-state index is 11.4. The van der Waals surface area contributed by atoms with E-state index in [1.54, 1.807) is 4.57 Å². The average Bonchev–Trinajstić information content (AvgIpc) is 2.64. The molecule has 0 spiro atoms. The van der Waals surface area contributed by atoms with Crippen LogP contribution in [-0.4, -0.2) is 14.8 Å². The van der Waals surface area contributed by atoms with E-state index in [9.17, 15) is 4.79 Å². The average molecular weight is 250 g/mol. The first-order valence-electron chi connectivity index (χ1n) is 5.31. The summed E-state index contributed by atoms with van der Waals surface area (Å²) in [5.41, 5.74) is 7.45. The topological polar surface area (TPSA) is 76.7 Å². The fraction of sp³-hybridized carbons (Fsp3) is 0.273. The van der Waals surface area contributed by atoms with Gasteiger partial charge in [-0.05, 0) is 43.3 Å². The van der Waals surface area contributed by atoms with Crippen LogP contribution in [0.2, 0.25) is 0 Å². The third kappa shape index (κ3) is 2.36. The molecule has 0 aliphatic rings. The third-order valence-corrected chi connectivity index (χ3v) is 3.48. The lowest BCUT2D eigenvalue weighted by molar-refractivity contribution is 0.660. The number of anilines is 1. The quantitative estimate of drug-likeness (QED) is 0.812. The molecule has 3 N–H and O–H groups in total. The van der Waals surface area contributed by atoms with E-state index in [1.807, 2.05) is 32.0 Å². The lowest BCUT2D eigenvalue weighted by atomic mass is 10.2. The van der Waals surface area contributed by atoms with Crippen molar-refractivity contribution >= 4 is 17.4 Å². The molecule has 5 nitrogen and oxygen atoms in total. The van der Waals surface area contributed by atoms with Crippen molar-refractivity contribution in [3.05, 3.63) is 34.2 Å². The maximum Gasteiger partial charge on any atom is 0.343 e. The summed E-state index contributed by atoms with van der Waals surface area (Å²) >= 11 is 1.42. The summed E-state index contributed by atoms with van der Waals surface area (Å²) < 4.78 is 1.58. The summed E-state index contributed by atoms with van der Waals surface area (Å²) in [6.07, 6.45) is 0. The van der Waals surface area contributed by atoms with Gasteiger partial charge in [0.15, 0.2) is 5.16 Å². The minimum atomic E-state index is -0.185. The van der Waals surface area contributed by atoms with Crippen molar-refractivity contribution in [2.75, 3.05) is 5.73 Å². The Kier molecular flexibility index (Phi) is 3.23. The van der Waals surface area contributed by atoms with Gasteiger partial charge >= 0.3 is 5.69 Å². The van der Waals surface area contributed by atoms with Gasteiger partial charge in [-0.15, -0.1) is 5.10 Å². The molecule has 0 bridgehead atoms. The molecular weight excluding hydrogens is 236 g/mol. The number of H-pyrrole nitrogens is 1. The molecule has 0 aliphatic carbocycles. The largest absolute Gasteiger partial charge is 0.398 e. The van der Waals surface area contributed by atoms with Crippen molar-refractivity contribution < 1.29 is 0 Å². The number of aromatic amines is 1. The highest BCUT2D eigenvalue weighted by Crippen LogP contribution is 2.27. The van der Waals surface area contributed by atoms with Crippen LogP contribution in [0.1, 0.15) is 12.5 Å². The number of hydrogen-bond acceptors (Lipinski definition) is 4. The highest BCUT2D eigenvalue weighted by molar-refractivity contribution is 7.99. The molecule has 1 aromatic heterocycles. The number of nitrogens with one attached hydrogen (secondary N) is 1. The van der Waals surface area contributed by atoms with E-state index < -0.39 is 0 Å². The predicted octanol–water partition coefficient (Wildman–Crippen LogP) is 1.63. The van der Waals surface area contributed by atoms with Gasteiger partial charge in [0.05, 0.1) is 0 Å². The number of hydrogen-bond donors (Lipinski definition) is 2. The van der Waals surface area contributed by atoms with Crippen LogP contribution >= 0.6 is 11.8 Å². The van der Waals surface area contributed by atoms with Crippen LogP contribution in [-0.2, 0) is 6.54 Å². The molecule has 2 aromatic rings.